The van der Waals surface area contributed by atoms with E-state index in [1.807, 2.05) is 18.2 Å². The van der Waals surface area contributed by atoms with Crippen LogP contribution in [0.15, 0.2) is 48.5 Å². The van der Waals surface area contributed by atoms with E-state index in [0.717, 1.165) is 19.4 Å². The molecule has 0 aliphatic carbocycles. The van der Waals surface area contributed by atoms with Crippen molar-refractivity contribution in [3.05, 3.63) is 65.4 Å². The molecule has 0 saturated heterocycles. The number of benzene rings is 2. The lowest BCUT2D eigenvalue weighted by molar-refractivity contribution is 0.476. The van der Waals surface area contributed by atoms with E-state index in [2.05, 4.69) is 42.7 Å². The Morgan fingerprint density at radius 3 is 2.52 bits per heavy atom. The molecule has 0 bridgehead atoms. The predicted octanol–water partition coefficient (Wildman–Crippen LogP) is 4.66. The summed E-state index contributed by atoms with van der Waals surface area (Å²) in [6, 6.07) is 16.2. The molecule has 0 saturated carbocycles. The van der Waals surface area contributed by atoms with Gasteiger partial charge in [0.05, 0.1) is 0 Å². The number of hydrogen-bond donors (Lipinski definition) is 1. The number of nitrogens with zero attached hydrogens (tertiary/aromatic N) is 1. The summed E-state index contributed by atoms with van der Waals surface area (Å²) >= 11 is 0. The molecule has 0 amide bonds. The fourth-order valence-electron chi connectivity index (χ4n) is 3.07. The topological polar surface area (TPSA) is 25.2 Å². The number of phenolic OH excluding ortho intramolecular Hbond substituents is 1. The normalized spacial score (nSPS) is 11.1. The molecule has 108 valence electrons. The Bertz CT molecular complexity index is 756. The number of aromatic nitrogens is 1. The van der Waals surface area contributed by atoms with Crippen LogP contribution in [-0.2, 0) is 13.0 Å². The van der Waals surface area contributed by atoms with Gasteiger partial charge in [0, 0.05) is 23.1 Å². The Morgan fingerprint density at radius 1 is 1.05 bits per heavy atom. The van der Waals surface area contributed by atoms with Crippen LogP contribution in [0.2, 0.25) is 0 Å². The Morgan fingerprint density at radius 2 is 1.81 bits per heavy atom. The molecule has 3 aromatic rings. The molecule has 0 aliphatic heterocycles. The van der Waals surface area contributed by atoms with Crippen molar-refractivity contribution in [1.82, 2.24) is 4.57 Å². The number of fused-ring (bicyclic) bond motifs is 1. The Balaban J connectivity index is 2.16. The van der Waals surface area contributed by atoms with E-state index in [9.17, 15) is 5.11 Å². The number of rotatable bonds is 4. The molecule has 1 heterocycles. The van der Waals surface area contributed by atoms with Crippen molar-refractivity contribution in [1.29, 1.82) is 0 Å². The van der Waals surface area contributed by atoms with Gasteiger partial charge in [-0.3, -0.25) is 0 Å². The van der Waals surface area contributed by atoms with Crippen LogP contribution in [0.25, 0.3) is 10.9 Å². The van der Waals surface area contributed by atoms with Crippen molar-refractivity contribution in [2.45, 2.75) is 33.2 Å². The summed E-state index contributed by atoms with van der Waals surface area (Å²) in [5.74, 6) is 0.338. The molecule has 0 spiro atoms. The molecule has 1 N–H and O–H groups in total. The van der Waals surface area contributed by atoms with Crippen LogP contribution in [0, 0.1) is 6.92 Å². The van der Waals surface area contributed by atoms with Gasteiger partial charge < -0.3 is 9.67 Å². The van der Waals surface area contributed by atoms with Crippen molar-refractivity contribution in [3.8, 4) is 5.75 Å². The van der Waals surface area contributed by atoms with Crippen LogP contribution in [-0.4, -0.2) is 9.67 Å². The largest absolute Gasteiger partial charge is 0.508 e. The Hall–Kier alpha value is -2.22. The minimum Gasteiger partial charge on any atom is -0.508 e. The maximum atomic E-state index is 9.84. The van der Waals surface area contributed by atoms with Gasteiger partial charge in [-0.25, -0.2) is 0 Å². The van der Waals surface area contributed by atoms with Gasteiger partial charge >= 0.3 is 0 Å². The smallest absolute Gasteiger partial charge is 0.116 e. The molecule has 0 aliphatic rings. The van der Waals surface area contributed by atoms with Crippen molar-refractivity contribution in [3.63, 3.8) is 0 Å². The molecule has 0 fully saturated rings. The highest BCUT2D eigenvalue weighted by Gasteiger charge is 2.14. The zero-order valence-corrected chi connectivity index (χ0v) is 12.6. The van der Waals surface area contributed by atoms with Gasteiger partial charge in [-0.2, -0.15) is 0 Å². The minimum atomic E-state index is 0.338. The average Bonchev–Trinajstić information content (AvgIpc) is 2.74. The average molecular weight is 279 g/mol. The summed E-state index contributed by atoms with van der Waals surface area (Å²) in [5, 5.41) is 11.0. The monoisotopic (exact) mass is 279 g/mol. The molecule has 3 rings (SSSR count). The first-order valence-electron chi connectivity index (χ1n) is 7.55. The Kier molecular flexibility index (Phi) is 3.70. The van der Waals surface area contributed by atoms with Crippen LogP contribution in [0.1, 0.15) is 30.2 Å². The molecular weight excluding hydrogens is 258 g/mol. The first-order valence-corrected chi connectivity index (χ1v) is 7.55. The van der Waals surface area contributed by atoms with Crippen molar-refractivity contribution < 1.29 is 5.11 Å². The van der Waals surface area contributed by atoms with Crippen LogP contribution in [0.4, 0.5) is 0 Å². The first-order chi connectivity index (χ1) is 10.2. The fraction of sp³-hybridized carbons (Fsp3) is 0.263. The zero-order valence-electron chi connectivity index (χ0n) is 12.6. The molecule has 0 radical (unpaired) electrons. The zero-order chi connectivity index (χ0) is 14.8. The SMILES string of the molecule is CCCn1c(C)c(Cc2ccccc2)c2cc(O)ccc21. The van der Waals surface area contributed by atoms with Crippen LogP contribution in [0.3, 0.4) is 0 Å². The lowest BCUT2D eigenvalue weighted by Gasteiger charge is -2.07. The van der Waals surface area contributed by atoms with Gasteiger partial charge in [-0.15, -0.1) is 0 Å². The van der Waals surface area contributed by atoms with Gasteiger partial charge in [-0.05, 0) is 49.1 Å². The van der Waals surface area contributed by atoms with E-state index in [0.29, 0.717) is 5.75 Å². The Labute approximate surface area is 125 Å². The van der Waals surface area contributed by atoms with Crippen LogP contribution >= 0.6 is 0 Å². The second-order valence-corrected chi connectivity index (χ2v) is 5.58. The van der Waals surface area contributed by atoms with Crippen molar-refractivity contribution >= 4 is 10.9 Å². The number of aryl methyl sites for hydroxylation is 1. The fourth-order valence-corrected chi connectivity index (χ4v) is 3.07. The second-order valence-electron chi connectivity index (χ2n) is 5.58. The number of phenols is 1. The van der Waals surface area contributed by atoms with Gasteiger partial charge in [0.15, 0.2) is 0 Å². The van der Waals surface area contributed by atoms with Crippen LogP contribution < -0.4 is 0 Å². The van der Waals surface area contributed by atoms with Gasteiger partial charge in [0.25, 0.3) is 0 Å². The van der Waals surface area contributed by atoms with E-state index < -0.39 is 0 Å². The van der Waals surface area contributed by atoms with E-state index in [1.54, 1.807) is 6.07 Å². The molecule has 21 heavy (non-hydrogen) atoms. The van der Waals surface area contributed by atoms with E-state index >= 15 is 0 Å². The summed E-state index contributed by atoms with van der Waals surface area (Å²) in [4.78, 5) is 0. The minimum absolute atomic E-state index is 0.338. The summed E-state index contributed by atoms with van der Waals surface area (Å²) in [7, 11) is 0. The standard InChI is InChI=1S/C19H21NO/c1-3-11-20-14(2)17(12-15-7-5-4-6-8-15)18-13-16(21)9-10-19(18)20/h4-10,13,21H,3,11-12H2,1-2H3. The molecule has 2 nitrogen and oxygen atoms in total. The lowest BCUT2D eigenvalue weighted by Crippen LogP contribution is -2.00. The third kappa shape index (κ3) is 2.54. The summed E-state index contributed by atoms with van der Waals surface area (Å²) in [6.07, 6.45) is 2.01. The molecule has 0 unspecified atom stereocenters. The second kappa shape index (κ2) is 5.65. The predicted molar refractivity (Wildman–Crippen MR) is 87.9 cm³/mol. The highest BCUT2D eigenvalue weighted by molar-refractivity contribution is 5.87. The summed E-state index contributed by atoms with van der Waals surface area (Å²) in [6.45, 7) is 5.40. The maximum absolute atomic E-state index is 9.84. The quantitative estimate of drug-likeness (QED) is 0.738. The number of hydrogen-bond acceptors (Lipinski definition) is 1. The maximum Gasteiger partial charge on any atom is 0.116 e. The van der Waals surface area contributed by atoms with Crippen molar-refractivity contribution in [2.24, 2.45) is 0 Å². The molecule has 0 atom stereocenters. The third-order valence-electron chi connectivity index (χ3n) is 4.11. The van der Waals surface area contributed by atoms with Gasteiger partial charge in [-0.1, -0.05) is 37.3 Å². The molecule has 2 aromatic carbocycles. The van der Waals surface area contributed by atoms with Crippen LogP contribution in [0.5, 0.6) is 5.75 Å². The van der Waals surface area contributed by atoms with Gasteiger partial charge in [0.2, 0.25) is 0 Å². The molecule has 2 heteroatoms. The number of aromatic hydroxyl groups is 1. The first kappa shape index (κ1) is 13.7. The van der Waals surface area contributed by atoms with Gasteiger partial charge in [0.1, 0.15) is 5.75 Å². The molecule has 1 aromatic heterocycles. The van der Waals surface area contributed by atoms with E-state index in [-0.39, 0.29) is 0 Å². The highest BCUT2D eigenvalue weighted by Crippen LogP contribution is 2.30. The lowest BCUT2D eigenvalue weighted by atomic mass is 10.0. The summed E-state index contributed by atoms with van der Waals surface area (Å²) < 4.78 is 2.37. The highest BCUT2D eigenvalue weighted by atomic mass is 16.3. The van der Waals surface area contributed by atoms with E-state index in [4.69, 9.17) is 0 Å². The summed E-state index contributed by atoms with van der Waals surface area (Å²) in [5.41, 5.74) is 5.15. The molecular formula is C19H21NO. The van der Waals surface area contributed by atoms with Crippen molar-refractivity contribution in [2.75, 3.05) is 0 Å². The van der Waals surface area contributed by atoms with E-state index in [1.165, 1.54) is 27.7 Å². The third-order valence-corrected chi connectivity index (χ3v) is 4.11.